The average molecular weight is 578 g/mol. The minimum Gasteiger partial charge on any atom is -0.380 e. The van der Waals surface area contributed by atoms with Crippen molar-refractivity contribution >= 4 is 32.8 Å². The van der Waals surface area contributed by atoms with Gasteiger partial charge in [-0.2, -0.15) is 0 Å². The van der Waals surface area contributed by atoms with Crippen LogP contribution in [0.3, 0.4) is 0 Å². The summed E-state index contributed by atoms with van der Waals surface area (Å²) in [6.07, 6.45) is 0.353. The van der Waals surface area contributed by atoms with Crippen LogP contribution in [-0.2, 0) is 21.4 Å². The van der Waals surface area contributed by atoms with Crippen LogP contribution in [0.1, 0.15) is 12.0 Å². The van der Waals surface area contributed by atoms with Crippen LogP contribution in [0.15, 0.2) is 22.7 Å². The van der Waals surface area contributed by atoms with E-state index in [-0.39, 0.29) is 29.6 Å². The van der Waals surface area contributed by atoms with E-state index in [1.807, 2.05) is 4.72 Å². The Labute approximate surface area is 217 Å². The Hall–Kier alpha value is -3.37. The number of hydrogen-bond acceptors (Lipinski definition) is 6. The number of halogens is 6. The van der Waals surface area contributed by atoms with E-state index in [4.69, 9.17) is 9.26 Å². The number of alkyl halides is 2. The zero-order chi connectivity index (χ0) is 28.4. The summed E-state index contributed by atoms with van der Waals surface area (Å²) in [6, 6.07) is -2.76. The van der Waals surface area contributed by atoms with Gasteiger partial charge in [0.2, 0.25) is 10.0 Å². The van der Waals surface area contributed by atoms with Crippen molar-refractivity contribution in [2.75, 3.05) is 31.4 Å². The predicted molar refractivity (Wildman–Crippen MR) is 125 cm³/mol. The van der Waals surface area contributed by atoms with Gasteiger partial charge >= 0.3 is 6.03 Å². The van der Waals surface area contributed by atoms with Gasteiger partial charge in [-0.05, 0) is 12.5 Å². The molecule has 39 heavy (non-hydrogen) atoms. The quantitative estimate of drug-likeness (QED) is 0.447. The molecular formula is C23H20F6N4O5S. The van der Waals surface area contributed by atoms with Crippen molar-refractivity contribution in [3.8, 4) is 11.1 Å². The van der Waals surface area contributed by atoms with Crippen LogP contribution in [0, 0.1) is 23.3 Å². The molecule has 2 aliphatic rings. The van der Waals surface area contributed by atoms with Gasteiger partial charge in [-0.3, -0.25) is 4.90 Å². The minimum atomic E-state index is -4.04. The molecule has 2 aromatic carbocycles. The van der Waals surface area contributed by atoms with E-state index in [0.717, 1.165) is 15.9 Å². The van der Waals surface area contributed by atoms with E-state index in [1.165, 1.54) is 7.11 Å². The van der Waals surface area contributed by atoms with Gasteiger partial charge in [0.1, 0.15) is 35.4 Å². The molecule has 2 aliphatic heterocycles. The Morgan fingerprint density at radius 2 is 1.82 bits per heavy atom. The molecule has 2 fully saturated rings. The number of carbonyl (C=O) groups is 1. The van der Waals surface area contributed by atoms with Crippen molar-refractivity contribution in [2.45, 2.75) is 31.0 Å². The number of methoxy groups -OCH3 is 1. The van der Waals surface area contributed by atoms with Gasteiger partial charge in [0.05, 0.1) is 23.8 Å². The van der Waals surface area contributed by atoms with Crippen LogP contribution < -0.4 is 9.62 Å². The second-order valence-corrected chi connectivity index (χ2v) is 11.1. The number of sulfonamides is 1. The summed E-state index contributed by atoms with van der Waals surface area (Å²) in [7, 11) is -2.80. The first-order valence-corrected chi connectivity index (χ1v) is 13.3. The van der Waals surface area contributed by atoms with E-state index in [0.29, 0.717) is 18.4 Å². The van der Waals surface area contributed by atoms with Crippen molar-refractivity contribution in [2.24, 2.45) is 0 Å². The number of anilines is 1. The Kier molecular flexibility index (Phi) is 6.54. The summed E-state index contributed by atoms with van der Waals surface area (Å²) in [5.74, 6) is -9.35. The third-order valence-corrected chi connectivity index (χ3v) is 7.41. The molecule has 0 bridgehead atoms. The Balaban J connectivity index is 1.65. The summed E-state index contributed by atoms with van der Waals surface area (Å²) in [4.78, 5) is 15.0. The molecule has 9 nitrogen and oxygen atoms in total. The molecule has 3 aromatic rings. The van der Waals surface area contributed by atoms with E-state index in [9.17, 15) is 35.2 Å². The third-order valence-electron chi connectivity index (χ3n) is 6.69. The fraction of sp³-hybridized carbons (Fsp3) is 0.391. The standard InChI is InChI=1S/C23H20F6N4O5S/c1-37-9-10-5-14-18(19(20(10)27)17-12(25)6-11(24)7-13(17)26)21(30-38-14)32-4-3-16-23(28,29)15(31-39(2,35)36)8-33(16)22(32)34/h5-7,15-16,31H,3-4,8-9H2,1-2H3/t15-,16-/m1/s1. The van der Waals surface area contributed by atoms with Crippen LogP contribution in [0.25, 0.3) is 22.1 Å². The van der Waals surface area contributed by atoms with Gasteiger partial charge < -0.3 is 14.2 Å². The molecule has 210 valence electrons. The Bertz CT molecular complexity index is 1570. The first-order valence-electron chi connectivity index (χ1n) is 11.4. The number of rotatable bonds is 6. The van der Waals surface area contributed by atoms with E-state index >= 15 is 4.39 Å². The van der Waals surface area contributed by atoms with Crippen LogP contribution >= 0.6 is 0 Å². The van der Waals surface area contributed by atoms with Crippen molar-refractivity contribution in [1.82, 2.24) is 14.8 Å². The number of ether oxygens (including phenoxy) is 1. The van der Waals surface area contributed by atoms with Gasteiger partial charge in [0.25, 0.3) is 5.92 Å². The molecule has 1 N–H and O–H groups in total. The summed E-state index contributed by atoms with van der Waals surface area (Å²) in [6.45, 7) is -1.43. The molecular weight excluding hydrogens is 558 g/mol. The van der Waals surface area contributed by atoms with Crippen molar-refractivity contribution < 1.29 is 48.8 Å². The Morgan fingerprint density at radius 1 is 1.15 bits per heavy atom. The molecule has 2 saturated heterocycles. The van der Waals surface area contributed by atoms with Crippen LogP contribution in [0.2, 0.25) is 0 Å². The molecule has 0 radical (unpaired) electrons. The smallest absolute Gasteiger partial charge is 0.326 e. The lowest BCUT2D eigenvalue weighted by atomic mass is 9.96. The summed E-state index contributed by atoms with van der Waals surface area (Å²) < 4.78 is 124. The lowest BCUT2D eigenvalue weighted by Gasteiger charge is -2.37. The number of urea groups is 1. The first kappa shape index (κ1) is 27.2. The summed E-state index contributed by atoms with van der Waals surface area (Å²) >= 11 is 0. The highest BCUT2D eigenvalue weighted by Crippen LogP contribution is 2.44. The highest BCUT2D eigenvalue weighted by molar-refractivity contribution is 7.88. The minimum absolute atomic E-state index is 0.190. The van der Waals surface area contributed by atoms with Crippen molar-refractivity contribution in [1.29, 1.82) is 0 Å². The maximum Gasteiger partial charge on any atom is 0.326 e. The van der Waals surface area contributed by atoms with Crippen LogP contribution in [0.5, 0.6) is 0 Å². The molecule has 1 aromatic heterocycles. The molecule has 2 amide bonds. The highest BCUT2D eigenvalue weighted by atomic mass is 32.2. The van der Waals surface area contributed by atoms with Gasteiger partial charge in [-0.1, -0.05) is 5.16 Å². The van der Waals surface area contributed by atoms with E-state index in [1.54, 1.807) is 0 Å². The first-order chi connectivity index (χ1) is 18.2. The fourth-order valence-electron chi connectivity index (χ4n) is 5.10. The molecule has 0 aliphatic carbocycles. The zero-order valence-electron chi connectivity index (χ0n) is 20.3. The van der Waals surface area contributed by atoms with Crippen LogP contribution in [-0.4, -0.2) is 69.0 Å². The molecule has 16 heteroatoms. The monoisotopic (exact) mass is 578 g/mol. The number of nitrogens with one attached hydrogen (secondary N) is 1. The third kappa shape index (κ3) is 4.49. The topological polar surface area (TPSA) is 105 Å². The molecule has 0 spiro atoms. The Morgan fingerprint density at radius 3 is 2.44 bits per heavy atom. The van der Waals surface area contributed by atoms with E-state index in [2.05, 4.69) is 5.16 Å². The van der Waals surface area contributed by atoms with Gasteiger partial charge in [-0.25, -0.2) is 44.3 Å². The average Bonchev–Trinajstić information content (AvgIpc) is 3.33. The summed E-state index contributed by atoms with van der Waals surface area (Å²) in [5.41, 5.74) is -2.10. The van der Waals surface area contributed by atoms with Crippen molar-refractivity contribution in [3.05, 3.63) is 47.0 Å². The molecule has 0 unspecified atom stereocenters. The number of carbonyl (C=O) groups excluding carboxylic acids is 1. The second-order valence-electron chi connectivity index (χ2n) is 9.29. The number of amides is 2. The van der Waals surface area contributed by atoms with Crippen LogP contribution in [0.4, 0.5) is 37.0 Å². The normalized spacial score (nSPS) is 21.2. The maximum atomic E-state index is 15.7. The largest absolute Gasteiger partial charge is 0.380 e. The van der Waals surface area contributed by atoms with Crippen molar-refractivity contribution in [3.63, 3.8) is 0 Å². The number of nitrogens with zero attached hydrogens (tertiary/aromatic N) is 3. The van der Waals surface area contributed by atoms with Gasteiger partial charge in [0.15, 0.2) is 11.4 Å². The fourth-order valence-corrected chi connectivity index (χ4v) is 5.85. The zero-order valence-corrected chi connectivity index (χ0v) is 21.1. The molecule has 5 rings (SSSR count). The predicted octanol–water partition coefficient (Wildman–Crippen LogP) is 3.77. The number of benzene rings is 2. The number of fused-ring (bicyclic) bond motifs is 2. The lowest BCUT2D eigenvalue weighted by molar-refractivity contribution is -0.0448. The highest BCUT2D eigenvalue weighted by Gasteiger charge is 2.60. The second kappa shape index (κ2) is 9.38. The SMILES string of the molecule is COCc1cc2onc(N3CC[C@H]4N(C[C@@H](NS(C)(=O)=O)C4(F)F)C3=O)c2c(-c2c(F)cc(F)cc2F)c1F. The number of hydrogen-bond donors (Lipinski definition) is 1. The number of aromatic nitrogens is 1. The molecule has 2 atom stereocenters. The van der Waals surface area contributed by atoms with Gasteiger partial charge in [0, 0.05) is 43.5 Å². The van der Waals surface area contributed by atoms with E-state index < -0.39 is 87.4 Å². The molecule has 0 saturated carbocycles. The summed E-state index contributed by atoms with van der Waals surface area (Å²) in [5, 5.41) is 3.42. The maximum absolute atomic E-state index is 15.7. The molecule has 3 heterocycles. The lowest BCUT2D eigenvalue weighted by Crippen LogP contribution is -2.56. The van der Waals surface area contributed by atoms with Gasteiger partial charge in [-0.15, -0.1) is 0 Å².